The summed E-state index contributed by atoms with van der Waals surface area (Å²) in [7, 11) is 0. The first-order chi connectivity index (χ1) is 13.7. The largest absolute Gasteiger partial charge is 0.489 e. The van der Waals surface area contributed by atoms with E-state index in [0.29, 0.717) is 13.2 Å². The van der Waals surface area contributed by atoms with Crippen LogP contribution in [0.1, 0.15) is 30.9 Å². The van der Waals surface area contributed by atoms with E-state index in [2.05, 4.69) is 29.2 Å². The Morgan fingerprint density at radius 1 is 0.964 bits per heavy atom. The number of hydrogen-bond acceptors (Lipinski definition) is 3. The molecule has 4 nitrogen and oxygen atoms in total. The van der Waals surface area contributed by atoms with Crippen LogP contribution in [0.4, 0.5) is 0 Å². The first-order valence-electron chi connectivity index (χ1n) is 9.54. The first-order valence-corrected chi connectivity index (χ1v) is 9.54. The molecule has 3 aromatic carbocycles. The smallest absolute Gasteiger partial charge is 0.313 e. The van der Waals surface area contributed by atoms with E-state index in [-0.39, 0.29) is 11.9 Å². The van der Waals surface area contributed by atoms with E-state index in [9.17, 15) is 4.79 Å². The molecule has 4 aromatic rings. The maximum Gasteiger partial charge on any atom is 0.313 e. The predicted molar refractivity (Wildman–Crippen MR) is 112 cm³/mol. The normalized spacial score (nSPS) is 12.2. The molecule has 142 valence electrons. The highest BCUT2D eigenvalue weighted by atomic mass is 16.5. The second-order valence-corrected chi connectivity index (χ2v) is 6.89. The van der Waals surface area contributed by atoms with Crippen LogP contribution in [-0.2, 0) is 16.1 Å². The predicted octanol–water partition coefficient (Wildman–Crippen LogP) is 5.57. The summed E-state index contributed by atoms with van der Waals surface area (Å²) in [5, 5.41) is 2.22. The lowest BCUT2D eigenvalue weighted by Crippen LogP contribution is -2.12. The third kappa shape index (κ3) is 3.58. The van der Waals surface area contributed by atoms with Crippen molar-refractivity contribution >= 4 is 27.8 Å². The summed E-state index contributed by atoms with van der Waals surface area (Å²) in [6.07, 6.45) is 0. The second kappa shape index (κ2) is 7.77. The Kier molecular flexibility index (Phi) is 5.02. The number of carbonyl (C=O) groups excluding carboxylic acids is 1. The molecule has 1 heterocycles. The van der Waals surface area contributed by atoms with Gasteiger partial charge >= 0.3 is 5.97 Å². The fourth-order valence-corrected chi connectivity index (χ4v) is 3.40. The molecule has 0 fully saturated rings. The summed E-state index contributed by atoms with van der Waals surface area (Å²) in [5.74, 6) is 0.344. The van der Waals surface area contributed by atoms with Crippen LogP contribution in [0, 0.1) is 0 Å². The number of hydrogen-bond donors (Lipinski definition) is 1. The van der Waals surface area contributed by atoms with Gasteiger partial charge in [-0.25, -0.2) is 0 Å². The standard InChI is InChI=1S/C24H23NO3/c1-3-27-24(26)16(2)18-9-11-20-21-14-19(10-12-22(21)25-23(20)13-18)28-15-17-7-5-4-6-8-17/h4-14,16,25H,3,15H2,1-2H3. The molecule has 0 amide bonds. The van der Waals surface area contributed by atoms with E-state index in [4.69, 9.17) is 9.47 Å². The van der Waals surface area contributed by atoms with E-state index in [1.807, 2.05) is 56.3 Å². The molecule has 4 heteroatoms. The minimum atomic E-state index is -0.291. The van der Waals surface area contributed by atoms with Gasteiger partial charge in [0.25, 0.3) is 0 Å². The summed E-state index contributed by atoms with van der Waals surface area (Å²) in [6, 6.07) is 22.3. The average Bonchev–Trinajstić information content (AvgIpc) is 3.09. The summed E-state index contributed by atoms with van der Waals surface area (Å²) in [4.78, 5) is 15.5. The lowest BCUT2D eigenvalue weighted by Gasteiger charge is -2.10. The van der Waals surface area contributed by atoms with Crippen LogP contribution in [0.15, 0.2) is 66.7 Å². The average molecular weight is 373 g/mol. The number of aromatic nitrogens is 1. The number of esters is 1. The molecule has 0 saturated carbocycles. The van der Waals surface area contributed by atoms with Gasteiger partial charge in [0.05, 0.1) is 12.5 Å². The number of carbonyl (C=O) groups is 1. The molecular weight excluding hydrogens is 350 g/mol. The van der Waals surface area contributed by atoms with Crippen LogP contribution in [0.2, 0.25) is 0 Å². The summed E-state index contributed by atoms with van der Waals surface area (Å²) in [6.45, 7) is 4.62. The summed E-state index contributed by atoms with van der Waals surface area (Å²) >= 11 is 0. The zero-order valence-corrected chi connectivity index (χ0v) is 16.1. The monoisotopic (exact) mass is 373 g/mol. The van der Waals surface area contributed by atoms with Gasteiger partial charge in [-0.05, 0) is 49.2 Å². The molecule has 0 radical (unpaired) electrons. The van der Waals surface area contributed by atoms with Gasteiger partial charge in [0, 0.05) is 21.8 Å². The third-order valence-electron chi connectivity index (χ3n) is 4.98. The molecule has 1 atom stereocenters. The van der Waals surface area contributed by atoms with E-state index >= 15 is 0 Å². The lowest BCUT2D eigenvalue weighted by atomic mass is 9.99. The fourth-order valence-electron chi connectivity index (χ4n) is 3.40. The van der Waals surface area contributed by atoms with Crippen LogP contribution >= 0.6 is 0 Å². The van der Waals surface area contributed by atoms with Gasteiger partial charge in [0.2, 0.25) is 0 Å². The second-order valence-electron chi connectivity index (χ2n) is 6.89. The van der Waals surface area contributed by atoms with Crippen molar-refractivity contribution in [3.05, 3.63) is 77.9 Å². The van der Waals surface area contributed by atoms with Crippen molar-refractivity contribution in [2.45, 2.75) is 26.4 Å². The number of benzene rings is 3. The minimum absolute atomic E-state index is 0.199. The number of ether oxygens (including phenoxy) is 2. The van der Waals surface area contributed by atoms with Crippen molar-refractivity contribution in [3.63, 3.8) is 0 Å². The molecule has 0 aliphatic carbocycles. The lowest BCUT2D eigenvalue weighted by molar-refractivity contribution is -0.144. The number of nitrogens with one attached hydrogen (secondary N) is 1. The van der Waals surface area contributed by atoms with Gasteiger partial charge in [-0.15, -0.1) is 0 Å². The highest BCUT2D eigenvalue weighted by Gasteiger charge is 2.17. The van der Waals surface area contributed by atoms with Crippen LogP contribution in [0.3, 0.4) is 0 Å². The highest BCUT2D eigenvalue weighted by molar-refractivity contribution is 6.08. The number of H-pyrrole nitrogens is 1. The minimum Gasteiger partial charge on any atom is -0.489 e. The Labute approximate surface area is 164 Å². The molecule has 1 aromatic heterocycles. The summed E-state index contributed by atoms with van der Waals surface area (Å²) < 4.78 is 11.1. The number of aromatic amines is 1. The Bertz CT molecular complexity index is 1110. The molecule has 28 heavy (non-hydrogen) atoms. The maximum absolute atomic E-state index is 12.0. The molecule has 0 saturated heterocycles. The van der Waals surface area contributed by atoms with Gasteiger partial charge in [-0.3, -0.25) is 4.79 Å². The first kappa shape index (κ1) is 18.1. The van der Waals surface area contributed by atoms with E-state index in [1.54, 1.807) is 0 Å². The van der Waals surface area contributed by atoms with Crippen molar-refractivity contribution in [2.24, 2.45) is 0 Å². The van der Waals surface area contributed by atoms with Gasteiger partial charge in [-0.1, -0.05) is 42.5 Å². The Morgan fingerprint density at radius 3 is 2.57 bits per heavy atom. The van der Waals surface area contributed by atoms with E-state index in [0.717, 1.165) is 38.7 Å². The van der Waals surface area contributed by atoms with Crippen LogP contribution < -0.4 is 4.74 Å². The highest BCUT2D eigenvalue weighted by Crippen LogP contribution is 2.31. The van der Waals surface area contributed by atoms with Crippen molar-refractivity contribution in [1.82, 2.24) is 4.98 Å². The van der Waals surface area contributed by atoms with Crippen molar-refractivity contribution in [3.8, 4) is 5.75 Å². The molecule has 0 spiro atoms. The van der Waals surface area contributed by atoms with E-state index < -0.39 is 0 Å². The van der Waals surface area contributed by atoms with Crippen molar-refractivity contribution in [1.29, 1.82) is 0 Å². The summed E-state index contributed by atoms with van der Waals surface area (Å²) in [5.41, 5.74) is 4.13. The molecular formula is C24H23NO3. The van der Waals surface area contributed by atoms with Crippen LogP contribution in [0.5, 0.6) is 5.75 Å². The van der Waals surface area contributed by atoms with Crippen LogP contribution in [0.25, 0.3) is 21.8 Å². The SMILES string of the molecule is CCOC(=O)C(C)c1ccc2c(c1)[nH]c1ccc(OCc3ccccc3)cc12. The number of rotatable bonds is 6. The zero-order chi connectivity index (χ0) is 19.5. The molecule has 1 N–H and O–H groups in total. The Balaban J connectivity index is 1.62. The number of fused-ring (bicyclic) bond motifs is 3. The molecule has 1 unspecified atom stereocenters. The van der Waals surface area contributed by atoms with Gasteiger partial charge in [0.15, 0.2) is 0 Å². The third-order valence-corrected chi connectivity index (χ3v) is 4.98. The van der Waals surface area contributed by atoms with Crippen molar-refractivity contribution in [2.75, 3.05) is 6.61 Å². The van der Waals surface area contributed by atoms with Crippen molar-refractivity contribution < 1.29 is 14.3 Å². The van der Waals surface area contributed by atoms with Crippen LogP contribution in [-0.4, -0.2) is 17.6 Å². The molecule has 0 aliphatic heterocycles. The molecule has 0 aliphatic rings. The quantitative estimate of drug-likeness (QED) is 0.450. The van der Waals surface area contributed by atoms with Gasteiger partial charge in [-0.2, -0.15) is 0 Å². The van der Waals surface area contributed by atoms with Gasteiger partial charge in [0.1, 0.15) is 12.4 Å². The van der Waals surface area contributed by atoms with E-state index in [1.165, 1.54) is 0 Å². The fraction of sp³-hybridized carbons (Fsp3) is 0.208. The molecule has 4 rings (SSSR count). The Morgan fingerprint density at radius 2 is 1.79 bits per heavy atom. The molecule has 0 bridgehead atoms. The topological polar surface area (TPSA) is 51.3 Å². The Hall–Kier alpha value is -3.27. The maximum atomic E-state index is 12.0. The zero-order valence-electron chi connectivity index (χ0n) is 16.1. The van der Waals surface area contributed by atoms with Gasteiger partial charge < -0.3 is 14.5 Å².